The third-order valence-corrected chi connectivity index (χ3v) is 3.56. The lowest BCUT2D eigenvalue weighted by molar-refractivity contribution is -0.133. The van der Waals surface area contributed by atoms with Crippen LogP contribution in [-0.2, 0) is 4.79 Å². The van der Waals surface area contributed by atoms with Crippen molar-refractivity contribution in [2.45, 2.75) is 40.2 Å². The molecule has 0 spiro atoms. The van der Waals surface area contributed by atoms with Crippen LogP contribution in [0.15, 0.2) is 0 Å². The van der Waals surface area contributed by atoms with Gasteiger partial charge in [-0.05, 0) is 25.3 Å². The van der Waals surface area contributed by atoms with Crippen LogP contribution in [0.4, 0.5) is 0 Å². The summed E-state index contributed by atoms with van der Waals surface area (Å²) in [7, 11) is 2.00. The zero-order valence-corrected chi connectivity index (χ0v) is 13.3. The second kappa shape index (κ2) is 7.85. The van der Waals surface area contributed by atoms with Crippen molar-refractivity contribution in [1.29, 1.82) is 0 Å². The molecular weight excluding hydrogens is 238 g/mol. The summed E-state index contributed by atoms with van der Waals surface area (Å²) >= 11 is 0. The van der Waals surface area contributed by atoms with Crippen LogP contribution in [0, 0.1) is 11.8 Å². The molecule has 112 valence electrons. The lowest BCUT2D eigenvalue weighted by Gasteiger charge is -2.28. The lowest BCUT2D eigenvalue weighted by Crippen LogP contribution is -2.43. The fourth-order valence-electron chi connectivity index (χ4n) is 2.66. The van der Waals surface area contributed by atoms with E-state index in [4.69, 9.17) is 0 Å². The van der Waals surface area contributed by atoms with Gasteiger partial charge in [0.2, 0.25) is 5.91 Å². The van der Waals surface area contributed by atoms with E-state index in [0.717, 1.165) is 32.6 Å². The van der Waals surface area contributed by atoms with Crippen LogP contribution in [-0.4, -0.2) is 61.5 Å². The van der Waals surface area contributed by atoms with Crippen molar-refractivity contribution in [3.63, 3.8) is 0 Å². The fraction of sp³-hybridized carbons (Fsp3) is 0.933. The van der Waals surface area contributed by atoms with E-state index in [0.29, 0.717) is 30.3 Å². The molecule has 4 nitrogen and oxygen atoms in total. The second-order valence-corrected chi connectivity index (χ2v) is 6.60. The average Bonchev–Trinajstić information content (AvgIpc) is 2.74. The summed E-state index contributed by atoms with van der Waals surface area (Å²) in [6.07, 6.45) is 1.15. The molecule has 1 atom stereocenters. The number of carbonyl (C=O) groups is 1. The van der Waals surface area contributed by atoms with Crippen LogP contribution in [0.5, 0.6) is 0 Å². The van der Waals surface area contributed by atoms with Gasteiger partial charge in [0.15, 0.2) is 0 Å². The number of nitrogens with one attached hydrogen (secondary N) is 1. The van der Waals surface area contributed by atoms with Crippen molar-refractivity contribution in [3.05, 3.63) is 0 Å². The Morgan fingerprint density at radius 1 is 1.26 bits per heavy atom. The summed E-state index contributed by atoms with van der Waals surface area (Å²) in [6, 6.07) is 0.552. The molecule has 0 aromatic carbocycles. The monoisotopic (exact) mass is 269 g/mol. The molecule has 1 N–H and O–H groups in total. The molecule has 1 unspecified atom stereocenters. The third-order valence-electron chi connectivity index (χ3n) is 3.56. The maximum Gasteiger partial charge on any atom is 0.236 e. The predicted octanol–water partition coefficient (Wildman–Crippen LogP) is 1.42. The molecule has 0 bridgehead atoms. The fourth-order valence-corrected chi connectivity index (χ4v) is 2.66. The second-order valence-electron chi connectivity index (χ2n) is 6.60. The summed E-state index contributed by atoms with van der Waals surface area (Å²) in [6.45, 7) is 13.1. The first-order chi connectivity index (χ1) is 8.92. The van der Waals surface area contributed by atoms with Crippen LogP contribution in [0.3, 0.4) is 0 Å². The Kier molecular flexibility index (Phi) is 6.80. The van der Waals surface area contributed by atoms with Crippen LogP contribution < -0.4 is 5.32 Å². The van der Waals surface area contributed by atoms with Crippen LogP contribution >= 0.6 is 0 Å². The highest BCUT2D eigenvalue weighted by molar-refractivity contribution is 5.78. The van der Waals surface area contributed by atoms with Crippen LogP contribution in [0.1, 0.15) is 34.1 Å². The summed E-state index contributed by atoms with van der Waals surface area (Å²) in [4.78, 5) is 16.7. The van der Waals surface area contributed by atoms with Crippen molar-refractivity contribution < 1.29 is 4.79 Å². The van der Waals surface area contributed by atoms with E-state index in [1.165, 1.54) is 0 Å². The molecule has 1 fully saturated rings. The Hall–Kier alpha value is -0.610. The summed E-state index contributed by atoms with van der Waals surface area (Å²) in [5.74, 6) is 1.36. The molecule has 4 heteroatoms. The molecule has 0 aromatic heterocycles. The van der Waals surface area contributed by atoms with Gasteiger partial charge in [0, 0.05) is 32.2 Å². The smallest absolute Gasteiger partial charge is 0.236 e. The van der Waals surface area contributed by atoms with Gasteiger partial charge in [0.1, 0.15) is 0 Å². The molecule has 1 saturated heterocycles. The molecule has 1 amide bonds. The van der Waals surface area contributed by atoms with Gasteiger partial charge < -0.3 is 10.2 Å². The number of carbonyl (C=O) groups excluding carboxylic acids is 1. The van der Waals surface area contributed by atoms with E-state index in [9.17, 15) is 4.79 Å². The Morgan fingerprint density at radius 3 is 2.26 bits per heavy atom. The third kappa shape index (κ3) is 5.91. The number of amides is 1. The van der Waals surface area contributed by atoms with Crippen molar-refractivity contribution in [2.24, 2.45) is 11.8 Å². The standard InChI is InChI=1S/C15H31N3O/c1-12(2)8-18(9-13(3)4)15(19)11-17-7-6-14(10-17)16-5/h12-14,16H,6-11H2,1-5H3. The van der Waals surface area contributed by atoms with E-state index in [2.05, 4.69) is 37.9 Å². The maximum atomic E-state index is 12.4. The van der Waals surface area contributed by atoms with Gasteiger partial charge >= 0.3 is 0 Å². The Bertz CT molecular complexity index is 269. The van der Waals surface area contributed by atoms with E-state index in [1.807, 2.05) is 11.9 Å². The molecule has 1 heterocycles. The molecule has 0 aromatic rings. The van der Waals surface area contributed by atoms with Gasteiger partial charge in [-0.3, -0.25) is 9.69 Å². The van der Waals surface area contributed by atoms with Crippen molar-refractivity contribution in [1.82, 2.24) is 15.1 Å². The number of likely N-dealkylation sites (tertiary alicyclic amines) is 1. The zero-order chi connectivity index (χ0) is 14.4. The molecule has 1 aliphatic heterocycles. The normalized spacial score (nSPS) is 20.5. The van der Waals surface area contributed by atoms with Crippen molar-refractivity contribution in [3.8, 4) is 0 Å². The summed E-state index contributed by atoms with van der Waals surface area (Å²) < 4.78 is 0. The number of rotatable bonds is 7. The minimum Gasteiger partial charge on any atom is -0.341 e. The van der Waals surface area contributed by atoms with Gasteiger partial charge in [-0.1, -0.05) is 27.7 Å². The Morgan fingerprint density at radius 2 is 1.84 bits per heavy atom. The average molecular weight is 269 g/mol. The van der Waals surface area contributed by atoms with E-state index < -0.39 is 0 Å². The number of hydrogen-bond acceptors (Lipinski definition) is 3. The van der Waals surface area contributed by atoms with Gasteiger partial charge in [0.05, 0.1) is 6.54 Å². The molecule has 0 aliphatic carbocycles. The number of nitrogens with zero attached hydrogens (tertiary/aromatic N) is 2. The maximum absolute atomic E-state index is 12.4. The zero-order valence-electron chi connectivity index (χ0n) is 13.3. The lowest BCUT2D eigenvalue weighted by atomic mass is 10.1. The highest BCUT2D eigenvalue weighted by Gasteiger charge is 2.25. The van der Waals surface area contributed by atoms with Gasteiger partial charge in [-0.15, -0.1) is 0 Å². The first kappa shape index (κ1) is 16.4. The summed E-state index contributed by atoms with van der Waals surface area (Å²) in [5.41, 5.74) is 0. The molecule has 1 aliphatic rings. The van der Waals surface area contributed by atoms with Crippen molar-refractivity contribution >= 4 is 5.91 Å². The number of likely N-dealkylation sites (N-methyl/N-ethyl adjacent to an activating group) is 1. The van der Waals surface area contributed by atoms with Gasteiger partial charge in [-0.2, -0.15) is 0 Å². The topological polar surface area (TPSA) is 35.6 Å². The molecule has 1 rings (SSSR count). The van der Waals surface area contributed by atoms with E-state index in [1.54, 1.807) is 0 Å². The molecular formula is C15H31N3O. The quantitative estimate of drug-likeness (QED) is 0.759. The Labute approximate surface area is 118 Å². The highest BCUT2D eigenvalue weighted by atomic mass is 16.2. The Balaban J connectivity index is 2.47. The molecule has 0 radical (unpaired) electrons. The minimum atomic E-state index is 0.291. The van der Waals surface area contributed by atoms with Gasteiger partial charge in [0.25, 0.3) is 0 Å². The van der Waals surface area contributed by atoms with E-state index in [-0.39, 0.29) is 0 Å². The first-order valence-corrected chi connectivity index (χ1v) is 7.59. The SMILES string of the molecule is CNC1CCN(CC(=O)N(CC(C)C)CC(C)C)C1. The highest BCUT2D eigenvalue weighted by Crippen LogP contribution is 2.10. The first-order valence-electron chi connectivity index (χ1n) is 7.59. The minimum absolute atomic E-state index is 0.291. The van der Waals surface area contributed by atoms with Crippen LogP contribution in [0.25, 0.3) is 0 Å². The molecule has 0 saturated carbocycles. The van der Waals surface area contributed by atoms with E-state index >= 15 is 0 Å². The van der Waals surface area contributed by atoms with Gasteiger partial charge in [-0.25, -0.2) is 0 Å². The predicted molar refractivity (Wildman–Crippen MR) is 80.2 cm³/mol. The van der Waals surface area contributed by atoms with Crippen molar-refractivity contribution in [2.75, 3.05) is 39.8 Å². The largest absolute Gasteiger partial charge is 0.341 e. The molecule has 19 heavy (non-hydrogen) atoms. The number of hydrogen-bond donors (Lipinski definition) is 1. The van der Waals surface area contributed by atoms with Crippen LogP contribution in [0.2, 0.25) is 0 Å². The summed E-state index contributed by atoms with van der Waals surface area (Å²) in [5, 5.41) is 3.29.